The Morgan fingerprint density at radius 3 is 2.44 bits per heavy atom. The lowest BCUT2D eigenvalue weighted by atomic mass is 9.88. The highest BCUT2D eigenvalue weighted by atomic mass is 32.1. The monoisotopic (exact) mass is 245 g/mol. The molecule has 3 heteroatoms. The average Bonchev–Trinajstić information content (AvgIpc) is 2.77. The lowest BCUT2D eigenvalue weighted by molar-refractivity contribution is 0.0957. The maximum absolute atomic E-state index is 5.44. The minimum Gasteiger partial charge on any atom is -0.380 e. The third-order valence-electron chi connectivity index (χ3n) is 3.76. The highest BCUT2D eigenvalue weighted by molar-refractivity contribution is 7.80. The molecule has 0 aromatic heterocycles. The maximum atomic E-state index is 5.44. The molecule has 0 N–H and O–H groups in total. The fourth-order valence-electron chi connectivity index (χ4n) is 2.65. The van der Waals surface area contributed by atoms with Crippen LogP contribution >= 0.6 is 12.6 Å². The van der Waals surface area contributed by atoms with E-state index in [1.165, 1.54) is 32.2 Å². The van der Waals surface area contributed by atoms with E-state index in [4.69, 9.17) is 4.74 Å². The Labute approximate surface area is 106 Å². The molecule has 1 saturated carbocycles. The van der Waals surface area contributed by atoms with Gasteiger partial charge in [-0.2, -0.15) is 12.6 Å². The predicted molar refractivity (Wildman–Crippen MR) is 73.4 cm³/mol. The van der Waals surface area contributed by atoms with Gasteiger partial charge in [-0.3, -0.25) is 0 Å². The average molecular weight is 245 g/mol. The number of thiol groups is 1. The van der Waals surface area contributed by atoms with Crippen molar-refractivity contribution in [3.05, 3.63) is 0 Å². The number of hydrogen-bond acceptors (Lipinski definition) is 3. The van der Waals surface area contributed by atoms with Crippen LogP contribution in [0.4, 0.5) is 0 Å². The van der Waals surface area contributed by atoms with Gasteiger partial charge in [-0.15, -0.1) is 0 Å². The first-order chi connectivity index (χ1) is 7.76. The third kappa shape index (κ3) is 4.27. The van der Waals surface area contributed by atoms with E-state index in [0.717, 1.165) is 32.1 Å². The summed E-state index contributed by atoms with van der Waals surface area (Å²) in [5.74, 6) is 1.04. The zero-order valence-electron chi connectivity index (χ0n) is 10.9. The van der Waals surface area contributed by atoms with Crippen molar-refractivity contribution in [2.45, 2.75) is 39.5 Å². The zero-order chi connectivity index (χ0) is 11.9. The summed E-state index contributed by atoms with van der Waals surface area (Å²) >= 11 is 4.57. The van der Waals surface area contributed by atoms with Crippen LogP contribution in [-0.2, 0) is 4.74 Å². The summed E-state index contributed by atoms with van der Waals surface area (Å²) in [6.45, 7) is 9.40. The molecular weight excluding hydrogens is 218 g/mol. The van der Waals surface area contributed by atoms with Crippen molar-refractivity contribution in [2.75, 3.05) is 38.6 Å². The van der Waals surface area contributed by atoms with Crippen LogP contribution in [-0.4, -0.2) is 43.5 Å². The van der Waals surface area contributed by atoms with Crippen molar-refractivity contribution < 1.29 is 4.74 Å². The molecule has 0 spiro atoms. The van der Waals surface area contributed by atoms with Crippen molar-refractivity contribution in [3.63, 3.8) is 0 Å². The van der Waals surface area contributed by atoms with E-state index in [1.54, 1.807) is 0 Å². The van der Waals surface area contributed by atoms with E-state index < -0.39 is 0 Å². The standard InChI is InChI=1S/C13H27NOS/c1-3-14(9-10-15-4-2)11-13(12-16)7-5-6-8-13/h16H,3-12H2,1-2H3. The fourth-order valence-corrected chi connectivity index (χ4v) is 3.07. The smallest absolute Gasteiger partial charge is 0.0593 e. The molecule has 2 nitrogen and oxygen atoms in total. The highest BCUT2D eigenvalue weighted by Crippen LogP contribution is 2.39. The molecule has 0 saturated heterocycles. The van der Waals surface area contributed by atoms with Gasteiger partial charge in [0.05, 0.1) is 6.61 Å². The Balaban J connectivity index is 2.35. The molecule has 0 radical (unpaired) electrons. The van der Waals surface area contributed by atoms with Gasteiger partial charge in [-0.05, 0) is 37.5 Å². The summed E-state index contributed by atoms with van der Waals surface area (Å²) in [5, 5.41) is 0. The summed E-state index contributed by atoms with van der Waals surface area (Å²) in [4.78, 5) is 2.52. The minimum absolute atomic E-state index is 0.491. The predicted octanol–water partition coefficient (Wildman–Crippen LogP) is 2.84. The van der Waals surface area contributed by atoms with Crippen LogP contribution in [0.1, 0.15) is 39.5 Å². The summed E-state index contributed by atoms with van der Waals surface area (Å²) in [6, 6.07) is 0. The van der Waals surface area contributed by atoms with Gasteiger partial charge in [0, 0.05) is 19.7 Å². The van der Waals surface area contributed by atoms with Crippen molar-refractivity contribution in [1.29, 1.82) is 0 Å². The van der Waals surface area contributed by atoms with E-state index in [-0.39, 0.29) is 0 Å². The summed E-state index contributed by atoms with van der Waals surface area (Å²) in [5.41, 5.74) is 0.491. The second kappa shape index (κ2) is 7.57. The van der Waals surface area contributed by atoms with Gasteiger partial charge in [0.1, 0.15) is 0 Å². The van der Waals surface area contributed by atoms with E-state index in [9.17, 15) is 0 Å². The minimum atomic E-state index is 0.491. The van der Waals surface area contributed by atoms with Crippen LogP contribution in [0.3, 0.4) is 0 Å². The number of ether oxygens (including phenoxy) is 1. The molecule has 0 heterocycles. The first-order valence-corrected chi connectivity index (χ1v) is 7.30. The Bertz CT molecular complexity index is 181. The van der Waals surface area contributed by atoms with Crippen LogP contribution in [0.25, 0.3) is 0 Å². The molecule has 0 aromatic carbocycles. The second-order valence-corrected chi connectivity index (χ2v) is 5.25. The summed E-state index contributed by atoms with van der Waals surface area (Å²) in [6.07, 6.45) is 5.51. The van der Waals surface area contributed by atoms with Crippen LogP contribution in [0.15, 0.2) is 0 Å². The third-order valence-corrected chi connectivity index (χ3v) is 4.43. The molecule has 1 fully saturated rings. The molecule has 16 heavy (non-hydrogen) atoms. The quantitative estimate of drug-likeness (QED) is 0.521. The van der Waals surface area contributed by atoms with E-state index >= 15 is 0 Å². The Kier molecular flexibility index (Phi) is 6.78. The number of likely N-dealkylation sites (N-methyl/N-ethyl adjacent to an activating group) is 1. The maximum Gasteiger partial charge on any atom is 0.0593 e. The second-order valence-electron chi connectivity index (χ2n) is 4.93. The van der Waals surface area contributed by atoms with Crippen molar-refractivity contribution >= 4 is 12.6 Å². The molecule has 0 atom stereocenters. The van der Waals surface area contributed by atoms with Crippen LogP contribution < -0.4 is 0 Å². The molecule has 0 aliphatic heterocycles. The Hall–Kier alpha value is 0.270. The molecule has 96 valence electrons. The fraction of sp³-hybridized carbons (Fsp3) is 1.00. The van der Waals surface area contributed by atoms with Crippen LogP contribution in [0.5, 0.6) is 0 Å². The number of hydrogen-bond donors (Lipinski definition) is 1. The SMILES string of the molecule is CCOCCN(CC)CC1(CS)CCCC1. The lowest BCUT2D eigenvalue weighted by Crippen LogP contribution is -2.39. The largest absolute Gasteiger partial charge is 0.380 e. The molecule has 0 bridgehead atoms. The van der Waals surface area contributed by atoms with Crippen molar-refractivity contribution in [3.8, 4) is 0 Å². The first kappa shape index (κ1) is 14.3. The lowest BCUT2D eigenvalue weighted by Gasteiger charge is -2.33. The van der Waals surface area contributed by atoms with E-state index in [1.807, 2.05) is 0 Å². The van der Waals surface area contributed by atoms with Gasteiger partial charge >= 0.3 is 0 Å². The van der Waals surface area contributed by atoms with Crippen LogP contribution in [0, 0.1) is 5.41 Å². The van der Waals surface area contributed by atoms with E-state index in [0.29, 0.717) is 5.41 Å². The Morgan fingerprint density at radius 2 is 1.94 bits per heavy atom. The number of rotatable bonds is 8. The van der Waals surface area contributed by atoms with Crippen molar-refractivity contribution in [1.82, 2.24) is 4.90 Å². The molecule has 0 aromatic rings. The zero-order valence-corrected chi connectivity index (χ0v) is 11.8. The number of nitrogens with zero attached hydrogens (tertiary/aromatic N) is 1. The highest BCUT2D eigenvalue weighted by Gasteiger charge is 2.33. The molecular formula is C13H27NOS. The van der Waals surface area contributed by atoms with Gasteiger partial charge < -0.3 is 9.64 Å². The van der Waals surface area contributed by atoms with Crippen LogP contribution in [0.2, 0.25) is 0 Å². The summed E-state index contributed by atoms with van der Waals surface area (Å²) < 4.78 is 5.44. The molecule has 1 aliphatic carbocycles. The normalized spacial score (nSPS) is 19.5. The Morgan fingerprint density at radius 1 is 1.25 bits per heavy atom. The van der Waals surface area contributed by atoms with Gasteiger partial charge in [-0.1, -0.05) is 19.8 Å². The van der Waals surface area contributed by atoms with Gasteiger partial charge in [0.25, 0.3) is 0 Å². The van der Waals surface area contributed by atoms with Gasteiger partial charge in [-0.25, -0.2) is 0 Å². The van der Waals surface area contributed by atoms with E-state index in [2.05, 4.69) is 31.4 Å². The van der Waals surface area contributed by atoms with Crippen molar-refractivity contribution in [2.24, 2.45) is 5.41 Å². The van der Waals surface area contributed by atoms with Gasteiger partial charge in [0.15, 0.2) is 0 Å². The molecule has 1 rings (SSSR count). The first-order valence-electron chi connectivity index (χ1n) is 6.67. The topological polar surface area (TPSA) is 12.5 Å². The van der Waals surface area contributed by atoms with Gasteiger partial charge in [0.2, 0.25) is 0 Å². The molecule has 1 aliphatic rings. The molecule has 0 amide bonds. The molecule has 0 unspecified atom stereocenters. The summed E-state index contributed by atoms with van der Waals surface area (Å²) in [7, 11) is 0.